The number of benzene rings is 2. The van der Waals surface area contributed by atoms with Crippen molar-refractivity contribution in [3.8, 4) is 29.9 Å². The van der Waals surface area contributed by atoms with E-state index in [-0.39, 0.29) is 22.9 Å². The standard InChI is InChI=1S/C26H26N4O6/c1-2-3-4-5-6-23(32)27-16-15-18-7-12-22(31)21(17-18)29-28-20-10-8-19(9-11-20)26(35)36-30-24(33)13-14-25(30)34/h1,7-14,17,31,33-34H,3-6,15-16H2,(H,27,32). The number of unbranched alkanes of at least 4 members (excludes halogenated alkanes) is 2. The second kappa shape index (κ2) is 12.6. The number of hydrogen-bond donors (Lipinski definition) is 4. The van der Waals surface area contributed by atoms with Gasteiger partial charge in [0.15, 0.2) is 0 Å². The maximum Gasteiger partial charge on any atom is 0.363 e. The quantitative estimate of drug-likeness (QED) is 0.181. The van der Waals surface area contributed by atoms with E-state index in [1.807, 2.05) is 0 Å². The third kappa shape index (κ3) is 7.36. The number of azo groups is 1. The van der Waals surface area contributed by atoms with Crippen molar-refractivity contribution in [2.45, 2.75) is 32.1 Å². The van der Waals surface area contributed by atoms with Gasteiger partial charge in [-0.15, -0.1) is 22.2 Å². The van der Waals surface area contributed by atoms with Crippen LogP contribution in [0.1, 0.15) is 41.6 Å². The van der Waals surface area contributed by atoms with Crippen LogP contribution >= 0.6 is 0 Å². The predicted molar refractivity (Wildman–Crippen MR) is 131 cm³/mol. The van der Waals surface area contributed by atoms with E-state index in [0.717, 1.165) is 18.4 Å². The maximum atomic E-state index is 12.2. The van der Waals surface area contributed by atoms with Crippen LogP contribution < -0.4 is 10.2 Å². The number of phenols is 1. The molecule has 10 heteroatoms. The fraction of sp³-hybridized carbons (Fsp3) is 0.231. The third-order valence-corrected chi connectivity index (χ3v) is 5.10. The van der Waals surface area contributed by atoms with Crippen LogP contribution in [0.5, 0.6) is 17.5 Å². The number of terminal acetylenes is 1. The van der Waals surface area contributed by atoms with Gasteiger partial charge in [0, 0.05) is 31.5 Å². The fourth-order valence-electron chi connectivity index (χ4n) is 3.16. The molecule has 0 bridgehead atoms. The SMILES string of the molecule is C#CCCCCC(=O)NCCc1ccc(O)c(N=Nc2ccc(C(=O)On3c(O)ccc3O)cc2)c1. The smallest absolute Gasteiger partial charge is 0.363 e. The number of nitrogens with one attached hydrogen (secondary N) is 1. The zero-order valence-electron chi connectivity index (χ0n) is 19.4. The number of carbonyl (C=O) groups excluding carboxylic acids is 2. The summed E-state index contributed by atoms with van der Waals surface area (Å²) in [6.45, 7) is 0.450. The minimum atomic E-state index is -0.801. The van der Waals surface area contributed by atoms with Gasteiger partial charge in [0.1, 0.15) is 11.4 Å². The van der Waals surface area contributed by atoms with Gasteiger partial charge in [0.25, 0.3) is 0 Å². The summed E-state index contributed by atoms with van der Waals surface area (Å²) >= 11 is 0. The Bertz CT molecular complexity index is 1260. The molecule has 186 valence electrons. The van der Waals surface area contributed by atoms with Gasteiger partial charge in [0.2, 0.25) is 17.7 Å². The highest BCUT2D eigenvalue weighted by Gasteiger charge is 2.14. The van der Waals surface area contributed by atoms with E-state index in [9.17, 15) is 24.9 Å². The van der Waals surface area contributed by atoms with Gasteiger partial charge in [-0.3, -0.25) is 4.79 Å². The van der Waals surface area contributed by atoms with E-state index in [1.54, 1.807) is 12.1 Å². The molecule has 2 aromatic carbocycles. The summed E-state index contributed by atoms with van der Waals surface area (Å²) < 4.78 is 0.596. The fourth-order valence-corrected chi connectivity index (χ4v) is 3.16. The molecule has 1 aromatic heterocycles. The number of rotatable bonds is 11. The van der Waals surface area contributed by atoms with Crippen molar-refractivity contribution in [1.82, 2.24) is 10.0 Å². The molecule has 1 amide bonds. The molecular formula is C26H26N4O6. The lowest BCUT2D eigenvalue weighted by Gasteiger charge is -2.07. The second-order valence-corrected chi connectivity index (χ2v) is 7.80. The molecule has 0 atom stereocenters. The van der Waals surface area contributed by atoms with Gasteiger partial charge in [0.05, 0.1) is 11.3 Å². The summed E-state index contributed by atoms with van der Waals surface area (Å²) in [6, 6.07) is 13.2. The average molecular weight is 491 g/mol. The summed E-state index contributed by atoms with van der Waals surface area (Å²) in [6.07, 6.45) is 8.44. The van der Waals surface area contributed by atoms with Crippen LogP contribution in [-0.2, 0) is 11.2 Å². The molecule has 0 spiro atoms. The molecule has 0 saturated carbocycles. The zero-order chi connectivity index (χ0) is 25.9. The molecule has 10 nitrogen and oxygen atoms in total. The first-order valence-corrected chi connectivity index (χ1v) is 11.2. The third-order valence-electron chi connectivity index (χ3n) is 5.10. The Balaban J connectivity index is 1.55. The van der Waals surface area contributed by atoms with Crippen LogP contribution in [0.4, 0.5) is 11.4 Å². The largest absolute Gasteiger partial charge is 0.506 e. The summed E-state index contributed by atoms with van der Waals surface area (Å²) in [4.78, 5) is 29.0. The lowest BCUT2D eigenvalue weighted by Crippen LogP contribution is -2.25. The number of hydrogen-bond acceptors (Lipinski definition) is 8. The molecular weight excluding hydrogens is 464 g/mol. The van der Waals surface area contributed by atoms with Gasteiger partial charge in [-0.25, -0.2) is 4.79 Å². The molecule has 4 N–H and O–H groups in total. The van der Waals surface area contributed by atoms with Crippen molar-refractivity contribution >= 4 is 23.3 Å². The molecule has 3 aromatic rings. The second-order valence-electron chi connectivity index (χ2n) is 7.80. The van der Waals surface area contributed by atoms with Gasteiger partial charge in [-0.05, 0) is 61.2 Å². The highest BCUT2D eigenvalue weighted by atomic mass is 16.7. The molecule has 1 heterocycles. The molecule has 3 rings (SSSR count). The molecule has 0 aliphatic carbocycles. The van der Waals surface area contributed by atoms with Gasteiger partial charge in [-0.2, -0.15) is 5.11 Å². The number of amides is 1. The van der Waals surface area contributed by atoms with Crippen LogP contribution in [0.3, 0.4) is 0 Å². The maximum absolute atomic E-state index is 12.2. The minimum Gasteiger partial charge on any atom is -0.506 e. The Hall–Kier alpha value is -4.78. The van der Waals surface area contributed by atoms with Gasteiger partial charge in [-0.1, -0.05) is 6.07 Å². The summed E-state index contributed by atoms with van der Waals surface area (Å²) in [7, 11) is 0. The number of carbonyl (C=O) groups is 2. The van der Waals surface area contributed by atoms with Crippen LogP contribution in [0.15, 0.2) is 64.8 Å². The van der Waals surface area contributed by atoms with Crippen molar-refractivity contribution < 1.29 is 29.7 Å². The summed E-state index contributed by atoms with van der Waals surface area (Å²) in [5.41, 5.74) is 1.70. The average Bonchev–Trinajstić information content (AvgIpc) is 3.19. The normalized spacial score (nSPS) is 10.8. The highest BCUT2D eigenvalue weighted by molar-refractivity contribution is 5.90. The van der Waals surface area contributed by atoms with E-state index in [2.05, 4.69) is 21.5 Å². The monoisotopic (exact) mass is 490 g/mol. The van der Waals surface area contributed by atoms with Crippen LogP contribution in [-0.4, -0.2) is 38.5 Å². The Labute approximate surface area is 207 Å². The molecule has 0 saturated heterocycles. The highest BCUT2D eigenvalue weighted by Crippen LogP contribution is 2.29. The Morgan fingerprint density at radius 2 is 1.69 bits per heavy atom. The number of nitrogens with zero attached hydrogens (tertiary/aromatic N) is 3. The van der Waals surface area contributed by atoms with Crippen LogP contribution in [0.25, 0.3) is 0 Å². The zero-order valence-corrected chi connectivity index (χ0v) is 19.4. The van der Waals surface area contributed by atoms with E-state index in [1.165, 1.54) is 42.5 Å². The van der Waals surface area contributed by atoms with Gasteiger partial charge < -0.3 is 25.5 Å². The van der Waals surface area contributed by atoms with Crippen LogP contribution in [0.2, 0.25) is 0 Å². The predicted octanol–water partition coefficient (Wildman–Crippen LogP) is 4.14. The minimum absolute atomic E-state index is 0.0278. The molecule has 0 aliphatic heterocycles. The van der Waals surface area contributed by atoms with E-state index >= 15 is 0 Å². The van der Waals surface area contributed by atoms with E-state index < -0.39 is 17.7 Å². The van der Waals surface area contributed by atoms with Crippen molar-refractivity contribution in [1.29, 1.82) is 0 Å². The molecule has 0 unspecified atom stereocenters. The number of aromatic hydroxyl groups is 3. The first kappa shape index (κ1) is 25.8. The first-order chi connectivity index (χ1) is 17.4. The Morgan fingerprint density at radius 1 is 0.972 bits per heavy atom. The Kier molecular flexibility index (Phi) is 9.06. The molecule has 0 radical (unpaired) electrons. The van der Waals surface area contributed by atoms with Crippen molar-refractivity contribution in [3.05, 3.63) is 65.7 Å². The lowest BCUT2D eigenvalue weighted by atomic mass is 10.1. The van der Waals surface area contributed by atoms with Crippen molar-refractivity contribution in [2.75, 3.05) is 6.54 Å². The van der Waals surface area contributed by atoms with E-state index in [4.69, 9.17) is 11.3 Å². The summed E-state index contributed by atoms with van der Waals surface area (Å²) in [5, 5.41) is 40.3. The lowest BCUT2D eigenvalue weighted by molar-refractivity contribution is -0.121. The first-order valence-electron chi connectivity index (χ1n) is 11.2. The van der Waals surface area contributed by atoms with Crippen molar-refractivity contribution in [2.24, 2.45) is 10.2 Å². The van der Waals surface area contributed by atoms with E-state index in [0.29, 0.717) is 36.2 Å². The topological polar surface area (TPSA) is 146 Å². The van der Waals surface area contributed by atoms with Crippen molar-refractivity contribution in [3.63, 3.8) is 0 Å². The van der Waals surface area contributed by atoms with Gasteiger partial charge >= 0.3 is 5.97 Å². The molecule has 36 heavy (non-hydrogen) atoms. The Morgan fingerprint density at radius 3 is 2.39 bits per heavy atom. The number of aromatic nitrogens is 1. The van der Waals surface area contributed by atoms with Crippen LogP contribution in [0, 0.1) is 12.3 Å². The molecule has 0 fully saturated rings. The number of phenolic OH excluding ortho intramolecular Hbond substituents is 1. The summed E-state index contributed by atoms with van der Waals surface area (Å²) in [5.74, 6) is 0.824. The molecule has 0 aliphatic rings.